The molecule has 0 fully saturated rings. The fourth-order valence-electron chi connectivity index (χ4n) is 1.87. The van der Waals surface area contributed by atoms with Crippen LogP contribution in [0.15, 0.2) is 46.9 Å². The Kier molecular flexibility index (Phi) is 5.43. The van der Waals surface area contributed by atoms with Crippen molar-refractivity contribution in [1.82, 2.24) is 0 Å². The van der Waals surface area contributed by atoms with Gasteiger partial charge < -0.3 is 4.74 Å². The summed E-state index contributed by atoms with van der Waals surface area (Å²) in [6.07, 6.45) is 0. The second-order valence-electron chi connectivity index (χ2n) is 5.06. The lowest BCUT2D eigenvalue weighted by atomic mass is 10.0. The summed E-state index contributed by atoms with van der Waals surface area (Å²) in [7, 11) is 0. The third-order valence-electron chi connectivity index (χ3n) is 3.15. The first-order chi connectivity index (χ1) is 9.97. The van der Waals surface area contributed by atoms with E-state index in [1.807, 2.05) is 30.3 Å². The highest BCUT2D eigenvalue weighted by Crippen LogP contribution is 2.27. The molecule has 21 heavy (non-hydrogen) atoms. The molecule has 0 saturated heterocycles. The van der Waals surface area contributed by atoms with Crippen molar-refractivity contribution in [3.05, 3.63) is 63.1 Å². The SMILES string of the molecule is CC(C)c1ccc(C(=O)COc2ccc(Br)cc2Cl)cc1. The topological polar surface area (TPSA) is 26.3 Å². The molecule has 4 heteroatoms. The number of Topliss-reactive ketones (excluding diaryl/α,β-unsaturated/α-hetero) is 1. The first-order valence-corrected chi connectivity index (χ1v) is 7.85. The Morgan fingerprint density at radius 1 is 1.19 bits per heavy atom. The molecule has 0 radical (unpaired) electrons. The van der Waals surface area contributed by atoms with Gasteiger partial charge in [0.2, 0.25) is 0 Å². The van der Waals surface area contributed by atoms with Crippen molar-refractivity contribution in [3.8, 4) is 5.75 Å². The Hall–Kier alpha value is -1.32. The van der Waals surface area contributed by atoms with Crippen molar-refractivity contribution in [2.24, 2.45) is 0 Å². The van der Waals surface area contributed by atoms with E-state index >= 15 is 0 Å². The minimum atomic E-state index is -0.0655. The molecule has 2 aromatic rings. The van der Waals surface area contributed by atoms with Gasteiger partial charge >= 0.3 is 0 Å². The van der Waals surface area contributed by atoms with Gasteiger partial charge in [-0.2, -0.15) is 0 Å². The Morgan fingerprint density at radius 3 is 2.43 bits per heavy atom. The van der Waals surface area contributed by atoms with Gasteiger partial charge in [-0.25, -0.2) is 0 Å². The predicted octanol–water partition coefficient (Wildman–Crippen LogP) is 5.49. The van der Waals surface area contributed by atoms with Crippen LogP contribution >= 0.6 is 27.5 Å². The molecule has 0 aliphatic rings. The van der Waals surface area contributed by atoms with Crippen LogP contribution in [0.4, 0.5) is 0 Å². The molecule has 0 saturated carbocycles. The maximum absolute atomic E-state index is 12.1. The molecule has 0 aromatic heterocycles. The lowest BCUT2D eigenvalue weighted by Crippen LogP contribution is -2.11. The van der Waals surface area contributed by atoms with E-state index in [1.165, 1.54) is 5.56 Å². The Bertz CT molecular complexity index is 636. The van der Waals surface area contributed by atoms with E-state index in [0.29, 0.717) is 22.3 Å². The van der Waals surface area contributed by atoms with Gasteiger partial charge in [0, 0.05) is 10.0 Å². The molecule has 0 amide bonds. The van der Waals surface area contributed by atoms with E-state index in [0.717, 1.165) is 4.47 Å². The highest BCUT2D eigenvalue weighted by molar-refractivity contribution is 9.10. The zero-order valence-electron chi connectivity index (χ0n) is 11.9. The first-order valence-electron chi connectivity index (χ1n) is 6.68. The summed E-state index contributed by atoms with van der Waals surface area (Å²) < 4.78 is 6.35. The summed E-state index contributed by atoms with van der Waals surface area (Å²) in [6.45, 7) is 4.22. The summed E-state index contributed by atoms with van der Waals surface area (Å²) in [4.78, 5) is 12.1. The molecule has 2 aromatic carbocycles. The van der Waals surface area contributed by atoms with Crippen molar-refractivity contribution in [1.29, 1.82) is 0 Å². The Balaban J connectivity index is 2.01. The van der Waals surface area contributed by atoms with Crippen LogP contribution in [0.3, 0.4) is 0 Å². The fourth-order valence-corrected chi connectivity index (χ4v) is 2.60. The number of rotatable bonds is 5. The molecule has 0 N–H and O–H groups in total. The van der Waals surface area contributed by atoms with Crippen molar-refractivity contribution in [2.75, 3.05) is 6.61 Å². The van der Waals surface area contributed by atoms with E-state index in [-0.39, 0.29) is 12.4 Å². The fraction of sp³-hybridized carbons (Fsp3) is 0.235. The second-order valence-corrected chi connectivity index (χ2v) is 6.39. The number of halogens is 2. The molecule has 0 aliphatic carbocycles. The monoisotopic (exact) mass is 366 g/mol. The number of ketones is 1. The Labute approximate surface area is 138 Å². The van der Waals surface area contributed by atoms with Gasteiger partial charge in [0.25, 0.3) is 0 Å². The van der Waals surface area contributed by atoms with E-state index in [4.69, 9.17) is 16.3 Å². The largest absolute Gasteiger partial charge is 0.484 e. The molecule has 2 nitrogen and oxygen atoms in total. The van der Waals surface area contributed by atoms with E-state index in [2.05, 4.69) is 29.8 Å². The summed E-state index contributed by atoms with van der Waals surface area (Å²) in [5, 5.41) is 0.479. The lowest BCUT2D eigenvalue weighted by Gasteiger charge is -2.09. The van der Waals surface area contributed by atoms with Gasteiger partial charge in [0.05, 0.1) is 5.02 Å². The minimum absolute atomic E-state index is 0.0254. The second kappa shape index (κ2) is 7.10. The predicted molar refractivity (Wildman–Crippen MR) is 89.5 cm³/mol. The van der Waals surface area contributed by atoms with Crippen LogP contribution in [0.2, 0.25) is 5.02 Å². The molecule has 0 atom stereocenters. The third kappa shape index (κ3) is 4.32. The standard InChI is InChI=1S/C17H16BrClO2/c1-11(2)12-3-5-13(6-4-12)16(20)10-21-17-8-7-14(18)9-15(17)19/h3-9,11H,10H2,1-2H3. The Morgan fingerprint density at radius 2 is 1.86 bits per heavy atom. The van der Waals surface area contributed by atoms with Gasteiger partial charge in [-0.1, -0.05) is 65.6 Å². The first kappa shape index (κ1) is 16.1. The molecule has 110 valence electrons. The number of carbonyl (C=O) groups is 1. The summed E-state index contributed by atoms with van der Waals surface area (Å²) in [5.74, 6) is 0.892. The molecule has 0 unspecified atom stereocenters. The van der Waals surface area contributed by atoms with E-state index in [1.54, 1.807) is 12.1 Å². The molecule has 0 aliphatic heterocycles. The zero-order chi connectivity index (χ0) is 15.4. The molecule has 2 rings (SSSR count). The van der Waals surface area contributed by atoms with Crippen LogP contribution in [-0.4, -0.2) is 12.4 Å². The maximum atomic E-state index is 12.1. The average Bonchev–Trinajstić information content (AvgIpc) is 2.46. The van der Waals surface area contributed by atoms with Crippen LogP contribution in [0, 0.1) is 0 Å². The van der Waals surface area contributed by atoms with Crippen LogP contribution < -0.4 is 4.74 Å². The van der Waals surface area contributed by atoms with Crippen molar-refractivity contribution in [2.45, 2.75) is 19.8 Å². The summed E-state index contributed by atoms with van der Waals surface area (Å²) >= 11 is 9.37. The van der Waals surface area contributed by atoms with Gasteiger partial charge in [0.1, 0.15) is 5.75 Å². The minimum Gasteiger partial charge on any atom is -0.484 e. The number of hydrogen-bond acceptors (Lipinski definition) is 2. The van der Waals surface area contributed by atoms with Gasteiger partial charge in [-0.05, 0) is 29.7 Å². The van der Waals surface area contributed by atoms with Gasteiger partial charge in [-0.3, -0.25) is 4.79 Å². The van der Waals surface area contributed by atoms with Gasteiger partial charge in [-0.15, -0.1) is 0 Å². The lowest BCUT2D eigenvalue weighted by molar-refractivity contribution is 0.0921. The number of benzene rings is 2. The van der Waals surface area contributed by atoms with E-state index in [9.17, 15) is 4.79 Å². The highest BCUT2D eigenvalue weighted by atomic mass is 79.9. The third-order valence-corrected chi connectivity index (χ3v) is 3.94. The normalized spacial score (nSPS) is 10.7. The van der Waals surface area contributed by atoms with E-state index < -0.39 is 0 Å². The number of hydrogen-bond donors (Lipinski definition) is 0. The quantitative estimate of drug-likeness (QED) is 0.653. The molecule has 0 spiro atoms. The highest BCUT2D eigenvalue weighted by Gasteiger charge is 2.09. The van der Waals surface area contributed by atoms with Crippen molar-refractivity contribution < 1.29 is 9.53 Å². The number of ether oxygens (including phenoxy) is 1. The van der Waals surface area contributed by atoms with Crippen LogP contribution in [0.1, 0.15) is 35.7 Å². The van der Waals surface area contributed by atoms with Crippen LogP contribution in [0.5, 0.6) is 5.75 Å². The maximum Gasteiger partial charge on any atom is 0.200 e. The molecule has 0 heterocycles. The van der Waals surface area contributed by atoms with Crippen molar-refractivity contribution >= 4 is 33.3 Å². The summed E-state index contributed by atoms with van der Waals surface area (Å²) in [5.41, 5.74) is 1.86. The molecule has 0 bridgehead atoms. The zero-order valence-corrected chi connectivity index (χ0v) is 14.2. The van der Waals surface area contributed by atoms with Crippen LogP contribution in [-0.2, 0) is 0 Å². The average molecular weight is 368 g/mol. The van der Waals surface area contributed by atoms with Crippen LogP contribution in [0.25, 0.3) is 0 Å². The molecular formula is C17H16BrClO2. The van der Waals surface area contributed by atoms with Crippen molar-refractivity contribution in [3.63, 3.8) is 0 Å². The molecular weight excluding hydrogens is 352 g/mol. The smallest absolute Gasteiger partial charge is 0.200 e. The number of carbonyl (C=O) groups excluding carboxylic acids is 1. The van der Waals surface area contributed by atoms with Gasteiger partial charge in [0.15, 0.2) is 12.4 Å². The summed E-state index contributed by atoms with van der Waals surface area (Å²) in [6, 6.07) is 12.9.